The van der Waals surface area contributed by atoms with Crippen molar-refractivity contribution < 1.29 is 14.3 Å². The molecule has 1 aliphatic rings. The summed E-state index contributed by atoms with van der Waals surface area (Å²) in [7, 11) is 1.69. The van der Waals surface area contributed by atoms with E-state index in [1.165, 1.54) is 12.8 Å². The van der Waals surface area contributed by atoms with Crippen molar-refractivity contribution in [3.63, 3.8) is 0 Å². The van der Waals surface area contributed by atoms with Gasteiger partial charge in [-0.05, 0) is 19.3 Å². The second kappa shape index (κ2) is 29.2. The number of ether oxygens (including phenoxy) is 2. The van der Waals surface area contributed by atoms with Crippen LogP contribution in [0.5, 0.6) is 0 Å². The fraction of sp³-hybridized carbons (Fsp3) is 0.917. The summed E-state index contributed by atoms with van der Waals surface area (Å²) in [4.78, 5) is 8.00. The first-order valence-electron chi connectivity index (χ1n) is 5.37. The highest BCUT2D eigenvalue weighted by Crippen LogP contribution is 2.11. The maximum absolute atomic E-state index is 8.00. The quantitative estimate of drug-likeness (QED) is 0.679. The lowest BCUT2D eigenvalue weighted by atomic mass is 10.2. The first-order valence-corrected chi connectivity index (χ1v) is 5.37. The molecule has 0 N–H and O–H groups in total. The van der Waals surface area contributed by atoms with Crippen LogP contribution in [0.3, 0.4) is 0 Å². The summed E-state index contributed by atoms with van der Waals surface area (Å²) >= 11 is 0. The van der Waals surface area contributed by atoms with E-state index in [-0.39, 0.29) is 13.7 Å². The van der Waals surface area contributed by atoms with Gasteiger partial charge in [-0.25, -0.2) is 0 Å². The second-order valence-electron chi connectivity index (χ2n) is 2.03. The molecule has 1 rings (SSSR count). The van der Waals surface area contributed by atoms with Gasteiger partial charge >= 0.3 is 0 Å². The summed E-state index contributed by atoms with van der Waals surface area (Å²) in [5, 5.41) is 0. The first-order chi connectivity index (χ1) is 6.93. The van der Waals surface area contributed by atoms with Gasteiger partial charge in [-0.15, -0.1) is 0 Å². The zero-order valence-electron chi connectivity index (χ0n) is 10.3. The maximum Gasteiger partial charge on any atom is 0.157 e. The average molecular weight is 222 g/mol. The lowest BCUT2D eigenvalue weighted by Gasteiger charge is -2.20. The number of carbonyl (C=O) groups is 1. The molecule has 0 amide bonds. The predicted molar refractivity (Wildman–Crippen MR) is 67.1 cm³/mol. The van der Waals surface area contributed by atoms with Crippen molar-refractivity contribution in [3.8, 4) is 0 Å². The molecular formula is C12H30O3. The first kappa shape index (κ1) is 24.0. The molecule has 0 radical (unpaired) electrons. The molecule has 3 heteroatoms. The van der Waals surface area contributed by atoms with E-state index >= 15 is 0 Å². The van der Waals surface area contributed by atoms with Crippen molar-refractivity contribution in [3.05, 3.63) is 0 Å². The molecule has 0 bridgehead atoms. The molecule has 0 aromatic rings. The number of methoxy groups -OCH3 is 1. The van der Waals surface area contributed by atoms with Crippen LogP contribution < -0.4 is 0 Å². The van der Waals surface area contributed by atoms with Gasteiger partial charge in [0.1, 0.15) is 6.79 Å². The molecule has 1 aliphatic heterocycles. The van der Waals surface area contributed by atoms with Gasteiger partial charge in [-0.2, -0.15) is 0 Å². The number of carbonyl (C=O) groups excluding carboxylic acids is 1. The maximum atomic E-state index is 8.00. The molecule has 0 aromatic heterocycles. The molecule has 0 aliphatic carbocycles. The molecular weight excluding hydrogens is 192 g/mol. The Labute approximate surface area is 96.2 Å². The zero-order chi connectivity index (χ0) is 11.8. The molecule has 1 heterocycles. The highest BCUT2D eigenvalue weighted by Gasteiger charge is 2.10. The van der Waals surface area contributed by atoms with Crippen molar-refractivity contribution >= 4 is 6.79 Å². The van der Waals surface area contributed by atoms with Crippen LogP contribution in [0.1, 0.15) is 54.4 Å². The predicted octanol–water partition coefficient (Wildman–Crippen LogP) is 3.66. The zero-order valence-corrected chi connectivity index (χ0v) is 10.3. The Morgan fingerprint density at radius 3 is 1.80 bits per heavy atom. The van der Waals surface area contributed by atoms with Gasteiger partial charge in [0.2, 0.25) is 0 Å². The molecule has 1 unspecified atom stereocenters. The van der Waals surface area contributed by atoms with E-state index in [9.17, 15) is 0 Å². The van der Waals surface area contributed by atoms with Crippen LogP contribution in [-0.2, 0) is 14.3 Å². The van der Waals surface area contributed by atoms with Crippen molar-refractivity contribution in [2.45, 2.75) is 60.7 Å². The summed E-state index contributed by atoms with van der Waals surface area (Å²) < 4.78 is 10.2. The van der Waals surface area contributed by atoms with E-state index < -0.39 is 0 Å². The number of hydrogen-bond donors (Lipinski definition) is 0. The van der Waals surface area contributed by atoms with Crippen LogP contribution in [0.2, 0.25) is 0 Å². The van der Waals surface area contributed by atoms with Crippen molar-refractivity contribution in [2.75, 3.05) is 13.7 Å². The van der Waals surface area contributed by atoms with Crippen LogP contribution in [0.15, 0.2) is 0 Å². The number of rotatable bonds is 1. The van der Waals surface area contributed by atoms with E-state index in [0.717, 1.165) is 13.0 Å². The summed E-state index contributed by atoms with van der Waals surface area (Å²) in [6, 6.07) is 0. The second-order valence-corrected chi connectivity index (χ2v) is 2.03. The third-order valence-electron chi connectivity index (χ3n) is 1.40. The Kier molecular flexibility index (Phi) is 46.8. The third kappa shape index (κ3) is 19.8. The Bertz CT molecular complexity index is 71.3. The molecule has 15 heavy (non-hydrogen) atoms. The topological polar surface area (TPSA) is 35.5 Å². The Morgan fingerprint density at radius 2 is 1.60 bits per heavy atom. The molecule has 3 nitrogen and oxygen atoms in total. The van der Waals surface area contributed by atoms with Gasteiger partial charge in [-0.1, -0.05) is 35.1 Å². The fourth-order valence-electron chi connectivity index (χ4n) is 0.897. The van der Waals surface area contributed by atoms with Crippen LogP contribution in [0, 0.1) is 0 Å². The minimum atomic E-state index is 0. The Morgan fingerprint density at radius 1 is 1.13 bits per heavy atom. The van der Waals surface area contributed by atoms with Crippen molar-refractivity contribution in [1.82, 2.24) is 0 Å². The van der Waals surface area contributed by atoms with Gasteiger partial charge in [0, 0.05) is 13.7 Å². The fourth-order valence-corrected chi connectivity index (χ4v) is 0.897. The van der Waals surface area contributed by atoms with Crippen LogP contribution in [0.25, 0.3) is 0 Å². The van der Waals surface area contributed by atoms with Gasteiger partial charge in [0.05, 0.1) is 0 Å². The largest absolute Gasteiger partial charge is 0.356 e. The van der Waals surface area contributed by atoms with E-state index in [2.05, 4.69) is 0 Å². The smallest absolute Gasteiger partial charge is 0.157 e. The standard InChI is InChI=1S/C6H12O2.2C2H6.CH2O.CH4/c1-7-6-4-2-3-5-8-6;3*1-2;/h6H,2-5H2,1H3;2*1-2H3;1H2;1H4. The molecule has 1 saturated heterocycles. The van der Waals surface area contributed by atoms with Crippen molar-refractivity contribution in [2.24, 2.45) is 0 Å². The minimum Gasteiger partial charge on any atom is -0.356 e. The summed E-state index contributed by atoms with van der Waals surface area (Å²) in [5.74, 6) is 0. The molecule has 0 spiro atoms. The van der Waals surface area contributed by atoms with E-state index in [0.29, 0.717) is 0 Å². The van der Waals surface area contributed by atoms with Crippen LogP contribution in [0.4, 0.5) is 0 Å². The molecule has 1 atom stereocenters. The highest BCUT2D eigenvalue weighted by atomic mass is 16.7. The third-order valence-corrected chi connectivity index (χ3v) is 1.40. The normalized spacial score (nSPS) is 17.3. The average Bonchev–Trinajstić information content (AvgIpc) is 2.37. The van der Waals surface area contributed by atoms with Crippen molar-refractivity contribution in [1.29, 1.82) is 0 Å². The number of hydrogen-bond acceptors (Lipinski definition) is 3. The van der Waals surface area contributed by atoms with Gasteiger partial charge < -0.3 is 14.3 Å². The SMILES string of the molecule is C.C=O.CC.CC.COC1CCCCO1. The lowest BCUT2D eigenvalue weighted by molar-refractivity contribution is -0.145. The monoisotopic (exact) mass is 222 g/mol. The molecule has 1 fully saturated rings. The lowest BCUT2D eigenvalue weighted by Crippen LogP contribution is -2.20. The Balaban J connectivity index is -0.0000000755. The molecule has 0 aromatic carbocycles. The van der Waals surface area contributed by atoms with E-state index in [1.54, 1.807) is 7.11 Å². The summed E-state index contributed by atoms with van der Waals surface area (Å²) in [5.41, 5.74) is 0. The van der Waals surface area contributed by atoms with E-state index in [1.807, 2.05) is 34.5 Å². The summed E-state index contributed by atoms with van der Waals surface area (Å²) in [6.45, 7) is 10.9. The van der Waals surface area contributed by atoms with Gasteiger partial charge in [0.15, 0.2) is 6.29 Å². The van der Waals surface area contributed by atoms with Gasteiger partial charge in [0.25, 0.3) is 0 Å². The summed E-state index contributed by atoms with van der Waals surface area (Å²) in [6.07, 6.45) is 3.60. The van der Waals surface area contributed by atoms with Gasteiger partial charge in [-0.3, -0.25) is 0 Å². The highest BCUT2D eigenvalue weighted by molar-refractivity contribution is 5.10. The molecule has 96 valence electrons. The van der Waals surface area contributed by atoms with Crippen LogP contribution >= 0.6 is 0 Å². The molecule has 0 saturated carbocycles. The minimum absolute atomic E-state index is 0. The van der Waals surface area contributed by atoms with Crippen LogP contribution in [-0.4, -0.2) is 26.8 Å². The Hall–Kier alpha value is -0.410. The van der Waals surface area contributed by atoms with E-state index in [4.69, 9.17) is 14.3 Å².